The van der Waals surface area contributed by atoms with Crippen LogP contribution in [0.3, 0.4) is 0 Å². The summed E-state index contributed by atoms with van der Waals surface area (Å²) in [5, 5.41) is 0. The van der Waals surface area contributed by atoms with Crippen LogP contribution in [0.4, 0.5) is 0 Å². The van der Waals surface area contributed by atoms with Crippen molar-refractivity contribution in [3.05, 3.63) is 29.8 Å². The van der Waals surface area contributed by atoms with Gasteiger partial charge >= 0.3 is 0 Å². The lowest BCUT2D eigenvalue weighted by molar-refractivity contribution is -0.200. The molecule has 2 spiro atoms. The maximum Gasteiger partial charge on any atom is 0.254 e. The molecular weight excluding hydrogens is 328 g/mol. The van der Waals surface area contributed by atoms with Gasteiger partial charge in [-0.05, 0) is 50.7 Å². The molecule has 142 valence electrons. The second kappa shape index (κ2) is 6.86. The van der Waals surface area contributed by atoms with E-state index < -0.39 is 5.60 Å². The number of amides is 1. The van der Waals surface area contributed by atoms with Crippen LogP contribution in [-0.2, 0) is 16.0 Å². The maximum absolute atomic E-state index is 12.5. The first-order chi connectivity index (χ1) is 12.6. The minimum atomic E-state index is -0.464. The normalized spacial score (nSPS) is 24.2. The topological polar surface area (TPSA) is 42.0 Å². The molecule has 2 heterocycles. The van der Waals surface area contributed by atoms with Crippen LogP contribution < -0.4 is 4.74 Å². The maximum atomic E-state index is 12.5. The number of likely N-dealkylation sites (tertiary alicyclic amines) is 1. The number of likely N-dealkylation sites (N-methyl/N-ethyl adjacent to an activating group) is 1. The zero-order valence-corrected chi connectivity index (χ0v) is 16.0. The fourth-order valence-corrected chi connectivity index (χ4v) is 4.52. The molecule has 1 aromatic carbocycles. The highest BCUT2D eigenvalue weighted by atomic mass is 16.5. The van der Waals surface area contributed by atoms with Crippen LogP contribution in [0.5, 0.6) is 5.75 Å². The number of carbonyl (C=O) groups excluding carboxylic acids is 1. The van der Waals surface area contributed by atoms with Gasteiger partial charge in [0, 0.05) is 32.7 Å². The van der Waals surface area contributed by atoms with Gasteiger partial charge < -0.3 is 19.3 Å². The highest BCUT2D eigenvalue weighted by Crippen LogP contribution is 2.49. The van der Waals surface area contributed by atoms with E-state index in [2.05, 4.69) is 24.0 Å². The minimum absolute atomic E-state index is 0.124. The Morgan fingerprint density at radius 2 is 1.88 bits per heavy atom. The van der Waals surface area contributed by atoms with Crippen molar-refractivity contribution in [2.24, 2.45) is 0 Å². The summed E-state index contributed by atoms with van der Waals surface area (Å²) in [7, 11) is 1.73. The second-order valence-corrected chi connectivity index (χ2v) is 8.00. The Balaban J connectivity index is 1.35. The molecule has 1 aromatic rings. The van der Waals surface area contributed by atoms with Crippen molar-refractivity contribution in [1.29, 1.82) is 0 Å². The molecule has 1 aliphatic carbocycles. The van der Waals surface area contributed by atoms with Gasteiger partial charge in [-0.15, -0.1) is 0 Å². The first-order valence-electron chi connectivity index (χ1n) is 9.94. The lowest BCUT2D eigenvalue weighted by Gasteiger charge is -2.50. The van der Waals surface area contributed by atoms with Crippen molar-refractivity contribution < 1.29 is 14.3 Å². The van der Waals surface area contributed by atoms with E-state index in [1.165, 1.54) is 5.56 Å². The first kappa shape index (κ1) is 17.8. The summed E-state index contributed by atoms with van der Waals surface area (Å²) >= 11 is 0. The van der Waals surface area contributed by atoms with E-state index in [4.69, 9.17) is 9.47 Å². The molecule has 2 aliphatic heterocycles. The predicted octanol–water partition coefficient (Wildman–Crippen LogP) is 2.48. The van der Waals surface area contributed by atoms with Gasteiger partial charge in [0.15, 0.2) is 0 Å². The van der Waals surface area contributed by atoms with Crippen LogP contribution >= 0.6 is 0 Å². The molecule has 1 saturated carbocycles. The lowest BCUT2D eigenvalue weighted by Crippen LogP contribution is -2.62. The van der Waals surface area contributed by atoms with Crippen LogP contribution in [0, 0.1) is 0 Å². The number of carbonyl (C=O) groups is 1. The van der Waals surface area contributed by atoms with Crippen LogP contribution in [-0.4, -0.2) is 66.7 Å². The number of hydrogen-bond acceptors (Lipinski definition) is 4. The van der Waals surface area contributed by atoms with Crippen LogP contribution in [0.1, 0.15) is 38.2 Å². The number of nitrogens with zero attached hydrogens (tertiary/aromatic N) is 2. The third kappa shape index (κ3) is 3.23. The van der Waals surface area contributed by atoms with Crippen LogP contribution in [0.25, 0.3) is 0 Å². The van der Waals surface area contributed by atoms with Gasteiger partial charge in [-0.3, -0.25) is 4.79 Å². The molecule has 3 fully saturated rings. The van der Waals surface area contributed by atoms with Gasteiger partial charge in [0.2, 0.25) is 0 Å². The molecule has 0 aromatic heterocycles. The quantitative estimate of drug-likeness (QED) is 0.811. The van der Waals surface area contributed by atoms with Gasteiger partial charge in [0.05, 0.1) is 12.7 Å². The number of para-hydroxylation sites is 1. The van der Waals surface area contributed by atoms with E-state index in [0.29, 0.717) is 0 Å². The van der Waals surface area contributed by atoms with Crippen molar-refractivity contribution in [1.82, 2.24) is 9.80 Å². The number of morpholine rings is 1. The number of rotatable bonds is 5. The third-order valence-corrected chi connectivity index (χ3v) is 6.31. The highest BCUT2D eigenvalue weighted by molar-refractivity contribution is 5.89. The summed E-state index contributed by atoms with van der Waals surface area (Å²) in [6.07, 6.45) is 4.85. The summed E-state index contributed by atoms with van der Waals surface area (Å²) in [6, 6.07) is 8.27. The molecule has 5 nitrogen and oxygen atoms in total. The van der Waals surface area contributed by atoms with Gasteiger partial charge in [-0.2, -0.15) is 0 Å². The zero-order valence-electron chi connectivity index (χ0n) is 16.0. The summed E-state index contributed by atoms with van der Waals surface area (Å²) in [4.78, 5) is 17.1. The van der Waals surface area contributed by atoms with Crippen molar-refractivity contribution in [3.63, 3.8) is 0 Å². The molecule has 0 unspecified atom stereocenters. The Morgan fingerprint density at radius 1 is 1.15 bits per heavy atom. The highest BCUT2D eigenvalue weighted by Gasteiger charge is 2.61. The van der Waals surface area contributed by atoms with Crippen molar-refractivity contribution in [3.8, 4) is 5.75 Å². The standard InChI is InChI=1S/C21H30N2O3/c1-3-23-16-20(26-21(9-10-21)19(23)24)11-14-22(15-12-20)13-8-17-6-4-5-7-18(17)25-2/h4-7H,3,8-16H2,1-2H3. The summed E-state index contributed by atoms with van der Waals surface area (Å²) < 4.78 is 11.9. The van der Waals surface area contributed by atoms with E-state index in [-0.39, 0.29) is 11.5 Å². The lowest BCUT2D eigenvalue weighted by atomic mass is 9.87. The number of piperidine rings is 1. The van der Waals surface area contributed by atoms with Crippen molar-refractivity contribution in [2.75, 3.05) is 39.8 Å². The molecule has 2 saturated heterocycles. The number of benzene rings is 1. The SMILES string of the molecule is CCN1CC2(CCN(CCc3ccccc3OC)CC2)OC2(CC2)C1=O. The Hall–Kier alpha value is -1.59. The minimum Gasteiger partial charge on any atom is -0.496 e. The number of methoxy groups -OCH3 is 1. The molecule has 1 amide bonds. The fraction of sp³-hybridized carbons (Fsp3) is 0.667. The smallest absolute Gasteiger partial charge is 0.254 e. The molecule has 0 radical (unpaired) electrons. The fourth-order valence-electron chi connectivity index (χ4n) is 4.52. The van der Waals surface area contributed by atoms with Gasteiger partial charge in [-0.25, -0.2) is 0 Å². The molecular formula is C21H30N2O3. The zero-order chi connectivity index (χ0) is 18.2. The summed E-state index contributed by atoms with van der Waals surface area (Å²) in [6.45, 7) is 6.76. The Morgan fingerprint density at radius 3 is 2.54 bits per heavy atom. The Kier molecular flexibility index (Phi) is 4.70. The van der Waals surface area contributed by atoms with E-state index in [9.17, 15) is 4.79 Å². The molecule has 0 bridgehead atoms. The van der Waals surface area contributed by atoms with Crippen molar-refractivity contribution in [2.45, 2.75) is 50.2 Å². The van der Waals surface area contributed by atoms with Gasteiger partial charge in [0.1, 0.15) is 11.4 Å². The molecule has 4 rings (SSSR count). The van der Waals surface area contributed by atoms with Gasteiger partial charge in [0.25, 0.3) is 5.91 Å². The average molecular weight is 358 g/mol. The van der Waals surface area contributed by atoms with Crippen molar-refractivity contribution >= 4 is 5.91 Å². The monoisotopic (exact) mass is 358 g/mol. The van der Waals surface area contributed by atoms with E-state index >= 15 is 0 Å². The summed E-state index contributed by atoms with van der Waals surface area (Å²) in [5.74, 6) is 1.20. The molecule has 26 heavy (non-hydrogen) atoms. The first-order valence-corrected chi connectivity index (χ1v) is 9.94. The number of hydrogen-bond donors (Lipinski definition) is 0. The number of ether oxygens (including phenoxy) is 2. The molecule has 3 aliphatic rings. The van der Waals surface area contributed by atoms with Crippen LogP contribution in [0.15, 0.2) is 24.3 Å². The largest absolute Gasteiger partial charge is 0.496 e. The molecule has 0 atom stereocenters. The average Bonchev–Trinajstić information content (AvgIpc) is 3.44. The molecule has 0 N–H and O–H groups in total. The third-order valence-electron chi connectivity index (χ3n) is 6.31. The Bertz CT molecular complexity index is 663. The summed E-state index contributed by atoms with van der Waals surface area (Å²) in [5.41, 5.74) is 0.679. The predicted molar refractivity (Wildman–Crippen MR) is 100 cm³/mol. The molecule has 5 heteroatoms. The van der Waals surface area contributed by atoms with E-state index in [1.807, 2.05) is 17.0 Å². The van der Waals surface area contributed by atoms with E-state index in [1.54, 1.807) is 7.11 Å². The second-order valence-electron chi connectivity index (χ2n) is 8.00. The Labute approximate surface area is 156 Å². The van der Waals surface area contributed by atoms with E-state index in [0.717, 1.165) is 70.6 Å². The van der Waals surface area contributed by atoms with Crippen LogP contribution in [0.2, 0.25) is 0 Å². The van der Waals surface area contributed by atoms with Gasteiger partial charge in [-0.1, -0.05) is 18.2 Å².